The highest BCUT2D eigenvalue weighted by atomic mass is 16.4. The predicted octanol–water partition coefficient (Wildman–Crippen LogP) is -3.63. The van der Waals surface area contributed by atoms with Gasteiger partial charge in [-0.3, -0.25) is 4.79 Å². The van der Waals surface area contributed by atoms with E-state index in [4.69, 9.17) is 25.5 Å². The van der Waals surface area contributed by atoms with Crippen molar-refractivity contribution in [2.45, 2.75) is 30.5 Å². The van der Waals surface area contributed by atoms with Crippen LogP contribution in [-0.2, 0) is 4.79 Å². The molecule has 0 bridgehead atoms. The molecule has 5 N–H and O–H groups in total. The van der Waals surface area contributed by atoms with Gasteiger partial charge in [-0.25, -0.2) is 0 Å². The van der Waals surface area contributed by atoms with Crippen LogP contribution in [0.4, 0.5) is 0 Å². The lowest BCUT2D eigenvalue weighted by Crippen LogP contribution is -2.61. The summed E-state index contributed by atoms with van der Waals surface area (Å²) < 4.78 is 0. The van der Waals surface area contributed by atoms with Gasteiger partial charge >= 0.3 is 0 Å². The molecule has 0 heterocycles. The summed E-state index contributed by atoms with van der Waals surface area (Å²) in [5, 5.41) is 44.5. The van der Waals surface area contributed by atoms with Crippen molar-refractivity contribution in [1.29, 1.82) is 0 Å². The number of aliphatic hydroxyl groups is 5. The maximum Gasteiger partial charge on any atom is 0.195 e. The largest absolute Gasteiger partial charge is 0.387 e. The first-order chi connectivity index (χ1) is 5.46. The zero-order valence-corrected chi connectivity index (χ0v) is 6.03. The molecule has 0 aliphatic heterocycles. The summed E-state index contributed by atoms with van der Waals surface area (Å²) in [5.41, 5.74) is 0. The summed E-state index contributed by atoms with van der Waals surface area (Å²) in [6.07, 6.45) is -8.85. The van der Waals surface area contributed by atoms with Crippen molar-refractivity contribution in [3.63, 3.8) is 0 Å². The van der Waals surface area contributed by atoms with Crippen molar-refractivity contribution in [1.82, 2.24) is 0 Å². The summed E-state index contributed by atoms with van der Waals surface area (Å²) in [7, 11) is 0. The van der Waals surface area contributed by atoms with Crippen molar-refractivity contribution in [2.24, 2.45) is 0 Å². The summed E-state index contributed by atoms with van der Waals surface area (Å²) in [6.45, 7) is 0. The maximum absolute atomic E-state index is 10.8. The number of carbonyl (C=O) groups excluding carboxylic acids is 1. The minimum absolute atomic E-state index is 1.08. The first-order valence-electron chi connectivity index (χ1n) is 3.41. The highest BCUT2D eigenvalue weighted by molar-refractivity contribution is 5.89. The summed E-state index contributed by atoms with van der Waals surface area (Å²) >= 11 is 0. The van der Waals surface area contributed by atoms with Crippen LogP contribution in [0, 0.1) is 0 Å². The van der Waals surface area contributed by atoms with Crippen LogP contribution >= 0.6 is 0 Å². The number of hydrogen-bond donors (Lipinski definition) is 5. The standard InChI is InChI=1S/C6H10O6/c7-1-2(8)4(10)6(12)5(11)3(1)9/h1-5,7-11H/t1?,2-,3+,4-,5+. The molecule has 1 saturated carbocycles. The average molecular weight is 178 g/mol. The minimum atomic E-state index is -1.83. The molecule has 1 fully saturated rings. The number of ketones is 1. The van der Waals surface area contributed by atoms with Gasteiger partial charge in [0, 0.05) is 0 Å². The Morgan fingerprint density at radius 1 is 0.750 bits per heavy atom. The number of aliphatic hydroxyl groups excluding tert-OH is 5. The van der Waals surface area contributed by atoms with Gasteiger partial charge in [-0.05, 0) is 0 Å². The summed E-state index contributed by atoms with van der Waals surface area (Å²) in [6, 6.07) is 0. The normalized spacial score (nSPS) is 49.4. The second-order valence-electron chi connectivity index (χ2n) is 2.76. The van der Waals surface area contributed by atoms with Crippen LogP contribution in [0.3, 0.4) is 0 Å². The molecule has 0 spiro atoms. The lowest BCUT2D eigenvalue weighted by molar-refractivity contribution is -0.185. The van der Waals surface area contributed by atoms with Crippen LogP contribution in [0.5, 0.6) is 0 Å². The zero-order chi connectivity index (χ0) is 9.46. The monoisotopic (exact) mass is 178 g/mol. The van der Waals surface area contributed by atoms with E-state index in [1.807, 2.05) is 0 Å². The van der Waals surface area contributed by atoms with E-state index < -0.39 is 36.3 Å². The van der Waals surface area contributed by atoms with Crippen LogP contribution < -0.4 is 0 Å². The highest BCUT2D eigenvalue weighted by Crippen LogP contribution is 2.17. The molecule has 0 amide bonds. The first-order valence-corrected chi connectivity index (χ1v) is 3.41. The second kappa shape index (κ2) is 3.08. The highest BCUT2D eigenvalue weighted by Gasteiger charge is 2.47. The third kappa shape index (κ3) is 1.23. The Bertz CT molecular complexity index is 174. The van der Waals surface area contributed by atoms with Gasteiger partial charge in [-0.1, -0.05) is 0 Å². The third-order valence-corrected chi connectivity index (χ3v) is 1.93. The van der Waals surface area contributed by atoms with E-state index in [2.05, 4.69) is 0 Å². The van der Waals surface area contributed by atoms with Crippen LogP contribution in [0.1, 0.15) is 0 Å². The van der Waals surface area contributed by atoms with Crippen LogP contribution in [0.15, 0.2) is 0 Å². The Balaban J connectivity index is 2.83. The number of Topliss-reactive ketones (excluding diaryl/α,β-unsaturated/α-hetero) is 1. The molecule has 0 aromatic heterocycles. The molecule has 12 heavy (non-hydrogen) atoms. The van der Waals surface area contributed by atoms with Crippen molar-refractivity contribution >= 4 is 5.78 Å². The van der Waals surface area contributed by atoms with Gasteiger partial charge in [0.15, 0.2) is 5.78 Å². The molecule has 6 heteroatoms. The molecular formula is C6H10O6. The number of rotatable bonds is 0. The second-order valence-corrected chi connectivity index (χ2v) is 2.76. The summed E-state index contributed by atoms with van der Waals surface area (Å²) in [4.78, 5) is 10.8. The Hall–Kier alpha value is -0.530. The molecule has 0 radical (unpaired) electrons. The molecule has 5 atom stereocenters. The molecule has 1 rings (SSSR count). The predicted molar refractivity (Wildman–Crippen MR) is 35.0 cm³/mol. The Labute approximate surface area is 67.7 Å². The van der Waals surface area contributed by atoms with Gasteiger partial charge in [0.25, 0.3) is 0 Å². The maximum atomic E-state index is 10.8. The lowest BCUT2D eigenvalue weighted by atomic mass is 9.86. The number of carbonyl (C=O) groups is 1. The quantitative estimate of drug-likeness (QED) is 0.261. The summed E-state index contributed by atoms with van der Waals surface area (Å²) in [5.74, 6) is -1.08. The van der Waals surface area contributed by atoms with Crippen molar-refractivity contribution < 1.29 is 30.3 Å². The van der Waals surface area contributed by atoms with Gasteiger partial charge in [0.05, 0.1) is 0 Å². The molecule has 0 aromatic carbocycles. The SMILES string of the molecule is O=C1[C@@H](O)[C@@H](O)C(O)[C@@H](O)[C@H]1O. The van der Waals surface area contributed by atoms with Crippen LogP contribution in [0.25, 0.3) is 0 Å². The fourth-order valence-electron chi connectivity index (χ4n) is 1.09. The smallest absolute Gasteiger partial charge is 0.195 e. The Morgan fingerprint density at radius 2 is 1.08 bits per heavy atom. The first kappa shape index (κ1) is 9.56. The fourth-order valence-corrected chi connectivity index (χ4v) is 1.09. The van der Waals surface area contributed by atoms with E-state index in [1.165, 1.54) is 0 Å². The van der Waals surface area contributed by atoms with Gasteiger partial charge in [-0.15, -0.1) is 0 Å². The molecule has 6 nitrogen and oxygen atoms in total. The van der Waals surface area contributed by atoms with Crippen molar-refractivity contribution in [2.75, 3.05) is 0 Å². The molecule has 0 aromatic rings. The molecule has 0 saturated heterocycles. The van der Waals surface area contributed by atoms with Crippen LogP contribution in [-0.4, -0.2) is 61.8 Å². The fraction of sp³-hybridized carbons (Fsp3) is 0.833. The molecular weight excluding hydrogens is 168 g/mol. The van der Waals surface area contributed by atoms with Crippen LogP contribution in [0.2, 0.25) is 0 Å². The number of hydrogen-bond acceptors (Lipinski definition) is 6. The van der Waals surface area contributed by atoms with E-state index in [0.717, 1.165) is 0 Å². The van der Waals surface area contributed by atoms with Gasteiger partial charge in [0.1, 0.15) is 30.5 Å². The van der Waals surface area contributed by atoms with Gasteiger partial charge in [0.2, 0.25) is 0 Å². The van der Waals surface area contributed by atoms with Gasteiger partial charge in [-0.2, -0.15) is 0 Å². The molecule has 1 aliphatic rings. The van der Waals surface area contributed by atoms with Gasteiger partial charge < -0.3 is 25.5 Å². The topological polar surface area (TPSA) is 118 Å². The Kier molecular flexibility index (Phi) is 2.45. The van der Waals surface area contributed by atoms with Crippen molar-refractivity contribution in [3.05, 3.63) is 0 Å². The van der Waals surface area contributed by atoms with E-state index in [-0.39, 0.29) is 0 Å². The van der Waals surface area contributed by atoms with E-state index >= 15 is 0 Å². The molecule has 70 valence electrons. The molecule has 1 unspecified atom stereocenters. The third-order valence-electron chi connectivity index (χ3n) is 1.93. The van der Waals surface area contributed by atoms with E-state index in [0.29, 0.717) is 0 Å². The molecule has 1 aliphatic carbocycles. The van der Waals surface area contributed by atoms with E-state index in [1.54, 1.807) is 0 Å². The zero-order valence-electron chi connectivity index (χ0n) is 6.03. The average Bonchev–Trinajstić information content (AvgIpc) is 2.08. The van der Waals surface area contributed by atoms with E-state index in [9.17, 15) is 4.79 Å². The Morgan fingerprint density at radius 3 is 1.42 bits per heavy atom. The van der Waals surface area contributed by atoms with Crippen molar-refractivity contribution in [3.8, 4) is 0 Å². The lowest BCUT2D eigenvalue weighted by Gasteiger charge is -2.34. The minimum Gasteiger partial charge on any atom is -0.387 e.